The summed E-state index contributed by atoms with van der Waals surface area (Å²) >= 11 is 0. The summed E-state index contributed by atoms with van der Waals surface area (Å²) in [7, 11) is 0. The molecule has 1 fully saturated rings. The van der Waals surface area contributed by atoms with Gasteiger partial charge in [-0.15, -0.1) is 0 Å². The summed E-state index contributed by atoms with van der Waals surface area (Å²) in [6.07, 6.45) is 74.2. The van der Waals surface area contributed by atoms with Gasteiger partial charge >= 0.3 is 11.9 Å². The number of cyclic esters (lactones) is 2. The number of carbonyl (C=O) groups excluding carboxylic acids is 2. The molecule has 6 nitrogen and oxygen atoms in total. The lowest BCUT2D eigenvalue weighted by Crippen LogP contribution is -2.40. The van der Waals surface area contributed by atoms with Gasteiger partial charge in [0.15, 0.2) is 0 Å². The molecule has 2 N–H and O–H groups in total. The average Bonchev–Trinajstić information content (AvgIpc) is 3.40. The molecule has 0 aromatic rings. The van der Waals surface area contributed by atoms with E-state index in [0.29, 0.717) is 6.42 Å². The summed E-state index contributed by atoms with van der Waals surface area (Å²) < 4.78 is 10.6. The van der Waals surface area contributed by atoms with Crippen molar-refractivity contribution < 1.29 is 29.3 Å². The molecule has 6 heteroatoms. The number of hydrogen-bond acceptors (Lipinski definition) is 6. The van der Waals surface area contributed by atoms with E-state index in [1.54, 1.807) is 0 Å². The molecule has 1 unspecified atom stereocenters. The van der Waals surface area contributed by atoms with Crippen LogP contribution in [0.5, 0.6) is 0 Å². The quantitative estimate of drug-likeness (QED) is 0.0358. The molecule has 0 amide bonds. The summed E-state index contributed by atoms with van der Waals surface area (Å²) in [6, 6.07) is 0. The SMILES string of the molecule is CCCCCCCC/C=C/CCCCCCCCCCCCCCCCCCCCCCCCCCCCCCCCCCCCCCCCCCCC1CC(=O)OCC(CO)(CO)COC1=O. The molecular weight excluding hydrogens is 841 g/mol. The zero-order valence-corrected chi connectivity index (χ0v) is 45.7. The number of rotatable bonds is 53. The fourth-order valence-electron chi connectivity index (χ4n) is 10.2. The Hall–Kier alpha value is -1.40. The van der Waals surface area contributed by atoms with Gasteiger partial charge in [-0.05, 0) is 32.1 Å². The molecule has 1 saturated heterocycles. The van der Waals surface area contributed by atoms with Crippen molar-refractivity contribution in [2.24, 2.45) is 11.3 Å². The molecule has 0 radical (unpaired) electrons. The van der Waals surface area contributed by atoms with Crippen molar-refractivity contribution in [2.45, 2.75) is 334 Å². The monoisotopic (exact) mass is 959 g/mol. The van der Waals surface area contributed by atoms with Gasteiger partial charge in [0.2, 0.25) is 0 Å². The minimum Gasteiger partial charge on any atom is -0.465 e. The topological polar surface area (TPSA) is 93.1 Å². The highest BCUT2D eigenvalue weighted by atomic mass is 16.6. The number of ether oxygens (including phenoxy) is 2. The Kier molecular flexibility index (Phi) is 49.4. The second-order valence-corrected chi connectivity index (χ2v) is 22.1. The molecule has 0 saturated carbocycles. The highest BCUT2D eigenvalue weighted by Gasteiger charge is 2.36. The van der Waals surface area contributed by atoms with Crippen LogP contribution in [0.4, 0.5) is 0 Å². The molecule has 1 atom stereocenters. The fourth-order valence-corrected chi connectivity index (χ4v) is 10.2. The minimum atomic E-state index is -1.12. The van der Waals surface area contributed by atoms with Crippen molar-refractivity contribution in [3.05, 3.63) is 12.2 Å². The van der Waals surface area contributed by atoms with E-state index < -0.39 is 36.5 Å². The van der Waals surface area contributed by atoms with E-state index in [9.17, 15) is 19.8 Å². The number of esters is 2. The Balaban J connectivity index is 1.68. The fraction of sp³-hybridized carbons (Fsp3) is 0.935. The van der Waals surface area contributed by atoms with Crippen LogP contribution in [0.1, 0.15) is 334 Å². The highest BCUT2D eigenvalue weighted by molar-refractivity contribution is 5.80. The molecule has 1 rings (SSSR count). The van der Waals surface area contributed by atoms with E-state index in [0.717, 1.165) is 19.3 Å². The summed E-state index contributed by atoms with van der Waals surface area (Å²) in [6.45, 7) is 1.20. The van der Waals surface area contributed by atoms with Gasteiger partial charge in [-0.25, -0.2) is 0 Å². The van der Waals surface area contributed by atoms with E-state index >= 15 is 0 Å². The van der Waals surface area contributed by atoms with Gasteiger partial charge in [-0.3, -0.25) is 9.59 Å². The van der Waals surface area contributed by atoms with Crippen LogP contribution in [-0.4, -0.2) is 48.6 Å². The van der Waals surface area contributed by atoms with Crippen molar-refractivity contribution in [3.63, 3.8) is 0 Å². The zero-order valence-electron chi connectivity index (χ0n) is 45.7. The third kappa shape index (κ3) is 43.4. The number of unbranched alkanes of at least 4 members (excludes halogenated alkanes) is 47. The first-order valence-electron chi connectivity index (χ1n) is 30.8. The lowest BCUT2D eigenvalue weighted by Gasteiger charge is -2.27. The molecule has 1 aliphatic heterocycles. The van der Waals surface area contributed by atoms with Crippen LogP contribution in [-0.2, 0) is 19.1 Å². The van der Waals surface area contributed by atoms with Crippen LogP contribution in [0.2, 0.25) is 0 Å². The third-order valence-corrected chi connectivity index (χ3v) is 15.3. The van der Waals surface area contributed by atoms with Crippen molar-refractivity contribution in [1.82, 2.24) is 0 Å². The molecule has 402 valence electrons. The maximum Gasteiger partial charge on any atom is 0.309 e. The van der Waals surface area contributed by atoms with Gasteiger partial charge < -0.3 is 19.7 Å². The lowest BCUT2D eigenvalue weighted by molar-refractivity contribution is -0.155. The molecule has 1 aliphatic rings. The van der Waals surface area contributed by atoms with Crippen LogP contribution < -0.4 is 0 Å². The van der Waals surface area contributed by atoms with Crippen LogP contribution in [0, 0.1) is 11.3 Å². The summed E-state index contributed by atoms with van der Waals surface area (Å²) in [5.41, 5.74) is -1.12. The molecule has 1 heterocycles. The number of allylic oxidation sites excluding steroid dienone is 2. The van der Waals surface area contributed by atoms with E-state index in [1.165, 1.54) is 295 Å². The van der Waals surface area contributed by atoms with Crippen LogP contribution in [0.3, 0.4) is 0 Å². The third-order valence-electron chi connectivity index (χ3n) is 15.3. The second-order valence-electron chi connectivity index (χ2n) is 22.1. The zero-order chi connectivity index (χ0) is 49.0. The molecule has 0 aliphatic carbocycles. The number of carbonyl (C=O) groups is 2. The molecule has 0 aromatic heterocycles. The Morgan fingerprint density at radius 3 is 0.912 bits per heavy atom. The first kappa shape index (κ1) is 64.6. The maximum absolute atomic E-state index is 12.5. The standard InChI is InChI=1S/C62H118O6/c1-2-3-4-5-6-7-8-9-10-11-12-13-14-15-16-17-18-19-20-21-22-23-24-25-26-27-28-29-30-31-32-33-34-35-36-37-38-39-40-41-42-43-44-45-46-47-48-49-50-51-52-53-59-54-60(65)67-57-62(55-63,56-64)58-68-61(59)66/h9-10,59,63-64H,2-8,11-58H2,1H3/b10-9+. The van der Waals surface area contributed by atoms with Crippen molar-refractivity contribution >= 4 is 11.9 Å². The predicted octanol–water partition coefficient (Wildman–Crippen LogP) is 19.1. The minimum absolute atomic E-state index is 0.00510. The van der Waals surface area contributed by atoms with Gasteiger partial charge in [0.1, 0.15) is 13.2 Å². The average molecular weight is 960 g/mol. The van der Waals surface area contributed by atoms with Gasteiger partial charge in [-0.1, -0.05) is 308 Å². The summed E-state index contributed by atoms with van der Waals surface area (Å²) in [4.78, 5) is 24.7. The van der Waals surface area contributed by atoms with Gasteiger partial charge in [-0.2, -0.15) is 0 Å². The maximum atomic E-state index is 12.5. The van der Waals surface area contributed by atoms with E-state index in [-0.39, 0.29) is 19.6 Å². The number of aliphatic hydroxyl groups excluding tert-OH is 2. The summed E-state index contributed by atoms with van der Waals surface area (Å²) in [5.74, 6) is -1.40. The van der Waals surface area contributed by atoms with Crippen LogP contribution in [0.15, 0.2) is 12.2 Å². The van der Waals surface area contributed by atoms with Crippen molar-refractivity contribution in [3.8, 4) is 0 Å². The second kappa shape index (κ2) is 51.9. The first-order valence-corrected chi connectivity index (χ1v) is 30.8. The van der Waals surface area contributed by atoms with Crippen LogP contribution in [0.25, 0.3) is 0 Å². The van der Waals surface area contributed by atoms with E-state index in [4.69, 9.17) is 9.47 Å². The number of hydrogen-bond donors (Lipinski definition) is 2. The summed E-state index contributed by atoms with van der Waals surface area (Å²) in [5, 5.41) is 19.2. The first-order chi connectivity index (χ1) is 33.6. The molecule has 0 spiro atoms. The van der Waals surface area contributed by atoms with E-state index in [2.05, 4.69) is 19.1 Å². The smallest absolute Gasteiger partial charge is 0.309 e. The van der Waals surface area contributed by atoms with Crippen molar-refractivity contribution in [1.29, 1.82) is 0 Å². The Morgan fingerprint density at radius 2 is 0.632 bits per heavy atom. The Bertz CT molecular complexity index is 1070. The highest BCUT2D eigenvalue weighted by Crippen LogP contribution is 2.25. The van der Waals surface area contributed by atoms with E-state index in [1.807, 2.05) is 0 Å². The number of aliphatic hydroxyl groups is 2. The molecule has 68 heavy (non-hydrogen) atoms. The predicted molar refractivity (Wildman–Crippen MR) is 292 cm³/mol. The van der Waals surface area contributed by atoms with Gasteiger partial charge in [0.25, 0.3) is 0 Å². The van der Waals surface area contributed by atoms with Gasteiger partial charge in [0.05, 0.1) is 31.0 Å². The van der Waals surface area contributed by atoms with Gasteiger partial charge in [0, 0.05) is 0 Å². The van der Waals surface area contributed by atoms with Crippen LogP contribution >= 0.6 is 0 Å². The Labute approximate surface area is 423 Å². The Morgan fingerprint density at radius 1 is 0.382 bits per heavy atom. The lowest BCUT2D eigenvalue weighted by atomic mass is 9.92. The van der Waals surface area contributed by atoms with Crippen molar-refractivity contribution in [2.75, 3.05) is 26.4 Å². The molecule has 0 bridgehead atoms. The molecule has 0 aromatic carbocycles. The molecular formula is C62H118O6. The largest absolute Gasteiger partial charge is 0.465 e. The normalized spacial score (nSPS) is 15.4.